The summed E-state index contributed by atoms with van der Waals surface area (Å²) in [7, 11) is 0. The largest absolute Gasteiger partial charge is 0.359 e. The third-order valence-electron chi connectivity index (χ3n) is 4.04. The lowest BCUT2D eigenvalue weighted by Gasteiger charge is -2.24. The smallest absolute Gasteiger partial charge is 0.243 e. The minimum atomic E-state index is -0.160. The zero-order chi connectivity index (χ0) is 16.4. The molecule has 0 radical (unpaired) electrons. The van der Waals surface area contributed by atoms with Crippen LogP contribution in [0.15, 0.2) is 42.5 Å². The summed E-state index contributed by atoms with van der Waals surface area (Å²) in [4.78, 5) is 14.5. The highest BCUT2D eigenvalue weighted by Crippen LogP contribution is 2.31. The topological polar surface area (TPSA) is 56.1 Å². The van der Waals surface area contributed by atoms with E-state index in [-0.39, 0.29) is 18.5 Å². The molecule has 0 unspecified atom stereocenters. The molecule has 0 aromatic heterocycles. The van der Waals surface area contributed by atoms with Gasteiger partial charge in [0.15, 0.2) is 0 Å². The molecular weight excluding hydrogens is 310 g/mol. The Hall–Kier alpha value is -2.51. The number of halogens is 1. The summed E-state index contributed by atoms with van der Waals surface area (Å²) in [5.41, 5.74) is 3.21. The minimum absolute atomic E-state index is 0.160. The highest BCUT2D eigenvalue weighted by molar-refractivity contribution is 6.31. The molecule has 5 heteroatoms. The van der Waals surface area contributed by atoms with Gasteiger partial charge in [0.1, 0.15) is 6.07 Å². The van der Waals surface area contributed by atoms with Gasteiger partial charge in [-0.15, -0.1) is 0 Å². The number of carbonyl (C=O) groups excluding carboxylic acids is 1. The molecular formula is C18H16ClN3O. The molecule has 1 amide bonds. The van der Waals surface area contributed by atoms with E-state index in [0.29, 0.717) is 16.3 Å². The summed E-state index contributed by atoms with van der Waals surface area (Å²) in [6, 6.07) is 15.3. The predicted octanol–water partition coefficient (Wildman–Crippen LogP) is 3.60. The van der Waals surface area contributed by atoms with E-state index in [0.717, 1.165) is 12.1 Å². The van der Waals surface area contributed by atoms with Crippen LogP contribution < -0.4 is 10.2 Å². The maximum Gasteiger partial charge on any atom is 0.243 e. The molecule has 0 aliphatic carbocycles. The minimum Gasteiger partial charge on any atom is -0.359 e. The number of amides is 1. The molecule has 1 heterocycles. The van der Waals surface area contributed by atoms with E-state index in [1.165, 1.54) is 5.56 Å². The van der Waals surface area contributed by atoms with Crippen molar-refractivity contribution in [2.45, 2.75) is 19.4 Å². The molecule has 1 aliphatic heterocycles. The fourth-order valence-corrected chi connectivity index (χ4v) is 3.10. The molecule has 2 aromatic carbocycles. The number of para-hydroxylation sites is 1. The molecule has 2 aromatic rings. The molecule has 1 atom stereocenters. The number of hydrogen-bond acceptors (Lipinski definition) is 3. The lowest BCUT2D eigenvalue weighted by molar-refractivity contribution is -0.115. The molecule has 1 aliphatic rings. The maximum atomic E-state index is 12.4. The molecule has 0 fully saturated rings. The molecule has 1 N–H and O–H groups in total. The van der Waals surface area contributed by atoms with Crippen LogP contribution in [-0.2, 0) is 11.2 Å². The first-order chi connectivity index (χ1) is 11.1. The Morgan fingerprint density at radius 2 is 2.17 bits per heavy atom. The molecule has 4 nitrogen and oxygen atoms in total. The lowest BCUT2D eigenvalue weighted by atomic mass is 10.1. The third kappa shape index (κ3) is 3.15. The number of rotatable bonds is 3. The van der Waals surface area contributed by atoms with Crippen molar-refractivity contribution in [1.82, 2.24) is 0 Å². The Bertz CT molecular complexity index is 797. The van der Waals surface area contributed by atoms with E-state index in [4.69, 9.17) is 16.9 Å². The van der Waals surface area contributed by atoms with Gasteiger partial charge in [0.2, 0.25) is 5.91 Å². The lowest BCUT2D eigenvalue weighted by Crippen LogP contribution is -2.37. The number of hydrogen-bond donors (Lipinski definition) is 1. The Kier molecular flexibility index (Phi) is 4.22. The highest BCUT2D eigenvalue weighted by atomic mass is 35.5. The number of nitrogens with one attached hydrogen (secondary N) is 1. The number of benzene rings is 2. The second-order valence-electron chi connectivity index (χ2n) is 5.66. The van der Waals surface area contributed by atoms with Gasteiger partial charge < -0.3 is 10.2 Å². The van der Waals surface area contributed by atoms with Crippen molar-refractivity contribution in [2.24, 2.45) is 0 Å². The highest BCUT2D eigenvalue weighted by Gasteiger charge is 2.27. The van der Waals surface area contributed by atoms with Gasteiger partial charge in [0.05, 0.1) is 17.8 Å². The molecule has 0 spiro atoms. The second-order valence-corrected chi connectivity index (χ2v) is 6.10. The first kappa shape index (κ1) is 15.4. The number of fused-ring (bicyclic) bond motifs is 1. The van der Waals surface area contributed by atoms with Crippen molar-refractivity contribution in [3.63, 3.8) is 0 Å². The van der Waals surface area contributed by atoms with E-state index in [9.17, 15) is 4.79 Å². The molecule has 116 valence electrons. The van der Waals surface area contributed by atoms with Crippen LogP contribution in [0, 0.1) is 11.3 Å². The van der Waals surface area contributed by atoms with Crippen LogP contribution in [0.1, 0.15) is 18.1 Å². The van der Waals surface area contributed by atoms with Crippen LogP contribution in [0.2, 0.25) is 5.02 Å². The van der Waals surface area contributed by atoms with Gasteiger partial charge in [-0.3, -0.25) is 4.79 Å². The Morgan fingerprint density at radius 1 is 1.39 bits per heavy atom. The van der Waals surface area contributed by atoms with E-state index >= 15 is 0 Å². The van der Waals surface area contributed by atoms with Gasteiger partial charge in [-0.1, -0.05) is 29.8 Å². The maximum absolute atomic E-state index is 12.4. The van der Waals surface area contributed by atoms with Crippen molar-refractivity contribution in [1.29, 1.82) is 5.26 Å². The average Bonchev–Trinajstić information content (AvgIpc) is 2.83. The normalized spacial score (nSPS) is 15.9. The molecule has 0 saturated heterocycles. The number of nitriles is 1. The molecule has 0 saturated carbocycles. The summed E-state index contributed by atoms with van der Waals surface area (Å²) in [5.74, 6) is -0.160. The van der Waals surface area contributed by atoms with E-state index in [2.05, 4.69) is 29.3 Å². The van der Waals surface area contributed by atoms with Crippen molar-refractivity contribution in [3.05, 3.63) is 58.6 Å². The van der Waals surface area contributed by atoms with Crippen LogP contribution in [0.3, 0.4) is 0 Å². The summed E-state index contributed by atoms with van der Waals surface area (Å²) in [6.07, 6.45) is 0.935. The monoisotopic (exact) mass is 325 g/mol. The van der Waals surface area contributed by atoms with Crippen LogP contribution in [-0.4, -0.2) is 18.5 Å². The summed E-state index contributed by atoms with van der Waals surface area (Å²) in [5, 5.41) is 12.4. The van der Waals surface area contributed by atoms with Crippen molar-refractivity contribution in [3.8, 4) is 6.07 Å². The van der Waals surface area contributed by atoms with E-state index in [1.807, 2.05) is 18.2 Å². The van der Waals surface area contributed by atoms with Gasteiger partial charge in [0, 0.05) is 16.8 Å². The van der Waals surface area contributed by atoms with Gasteiger partial charge >= 0.3 is 0 Å². The van der Waals surface area contributed by atoms with Crippen LogP contribution >= 0.6 is 11.6 Å². The van der Waals surface area contributed by atoms with Gasteiger partial charge in [0.25, 0.3) is 0 Å². The zero-order valence-corrected chi connectivity index (χ0v) is 13.5. The molecule has 0 bridgehead atoms. The number of nitrogens with zero attached hydrogens (tertiary/aromatic N) is 2. The standard InChI is InChI=1S/C18H16ClN3O/c1-12-8-13-4-2-3-5-17(13)22(12)11-18(23)21-16-9-15(19)7-6-14(16)10-20/h2-7,9,12H,8,11H2,1H3,(H,21,23)/t12-/m0/s1. The average molecular weight is 326 g/mol. The summed E-state index contributed by atoms with van der Waals surface area (Å²) >= 11 is 5.95. The van der Waals surface area contributed by atoms with Crippen LogP contribution in [0.25, 0.3) is 0 Å². The second kappa shape index (κ2) is 6.31. The zero-order valence-electron chi connectivity index (χ0n) is 12.7. The first-order valence-electron chi connectivity index (χ1n) is 7.42. The first-order valence-corrected chi connectivity index (χ1v) is 7.80. The van der Waals surface area contributed by atoms with Crippen LogP contribution in [0.4, 0.5) is 11.4 Å². The van der Waals surface area contributed by atoms with Gasteiger partial charge in [-0.25, -0.2) is 0 Å². The summed E-state index contributed by atoms with van der Waals surface area (Å²) < 4.78 is 0. The van der Waals surface area contributed by atoms with E-state index < -0.39 is 0 Å². The molecule has 3 rings (SSSR count). The Morgan fingerprint density at radius 3 is 2.96 bits per heavy atom. The predicted molar refractivity (Wildman–Crippen MR) is 91.8 cm³/mol. The third-order valence-corrected chi connectivity index (χ3v) is 4.27. The number of carbonyl (C=O) groups is 1. The van der Waals surface area contributed by atoms with Crippen LogP contribution in [0.5, 0.6) is 0 Å². The SMILES string of the molecule is C[C@H]1Cc2ccccc2N1CC(=O)Nc1cc(Cl)ccc1C#N. The van der Waals surface area contributed by atoms with Crippen molar-refractivity contribution >= 4 is 28.9 Å². The van der Waals surface area contributed by atoms with E-state index in [1.54, 1.807) is 18.2 Å². The van der Waals surface area contributed by atoms with Crippen molar-refractivity contribution < 1.29 is 4.79 Å². The van der Waals surface area contributed by atoms with Crippen molar-refractivity contribution in [2.75, 3.05) is 16.8 Å². The Balaban J connectivity index is 1.76. The fourth-order valence-electron chi connectivity index (χ4n) is 2.93. The van der Waals surface area contributed by atoms with Gasteiger partial charge in [-0.2, -0.15) is 5.26 Å². The summed E-state index contributed by atoms with van der Waals surface area (Å²) in [6.45, 7) is 2.35. The number of anilines is 2. The quantitative estimate of drug-likeness (QED) is 0.938. The Labute approximate surface area is 140 Å². The van der Waals surface area contributed by atoms with Gasteiger partial charge in [-0.05, 0) is 43.2 Å². The fraction of sp³-hybridized carbons (Fsp3) is 0.222. The molecule has 23 heavy (non-hydrogen) atoms.